The van der Waals surface area contributed by atoms with Crippen LogP contribution in [0.15, 0.2) is 0 Å². The summed E-state index contributed by atoms with van der Waals surface area (Å²) in [5, 5.41) is 0. The Morgan fingerprint density at radius 3 is 2.16 bits per heavy atom. The van der Waals surface area contributed by atoms with E-state index < -0.39 is 0 Å². The van der Waals surface area contributed by atoms with Gasteiger partial charge in [-0.15, -0.1) is 3.69 Å². The topological polar surface area (TPSA) is 21.3 Å². The van der Waals surface area contributed by atoms with Crippen LogP contribution in [0.3, 0.4) is 0 Å². The molecule has 2 nitrogen and oxygen atoms in total. The van der Waals surface area contributed by atoms with E-state index in [1.54, 1.807) is 0 Å². The molecule has 1 fully saturated rings. The minimum atomic E-state index is -0.0750. The third-order valence-corrected chi connectivity index (χ3v) is 5.46. The zero-order chi connectivity index (χ0) is 14.7. The second-order valence-electron chi connectivity index (χ2n) is 7.65. The van der Waals surface area contributed by atoms with Crippen LogP contribution in [0.25, 0.3) is 0 Å². The number of halogens is 1. The SMILES string of the molecule is CCCC(CC)(CCC(C)(C)ONI)C1CC1(C)C. The summed E-state index contributed by atoms with van der Waals surface area (Å²) in [5.74, 6) is 0.910. The Balaban J connectivity index is 2.70. The van der Waals surface area contributed by atoms with Gasteiger partial charge >= 0.3 is 0 Å². The molecule has 0 amide bonds. The third-order valence-electron chi connectivity index (χ3n) is 5.24. The summed E-state index contributed by atoms with van der Waals surface area (Å²) in [4.78, 5) is 5.64. The predicted molar refractivity (Wildman–Crippen MR) is 91.1 cm³/mol. The molecule has 0 heterocycles. The molecule has 0 aromatic heterocycles. The number of hydrogen-bond donors (Lipinski definition) is 1. The smallest absolute Gasteiger partial charge is 0.0850 e. The van der Waals surface area contributed by atoms with Crippen LogP contribution in [0.5, 0.6) is 0 Å². The molecular formula is C16H32INO. The lowest BCUT2D eigenvalue weighted by Crippen LogP contribution is -2.33. The Hall–Kier alpha value is 0.650. The van der Waals surface area contributed by atoms with Gasteiger partial charge in [0.2, 0.25) is 0 Å². The fourth-order valence-corrected chi connectivity index (χ4v) is 4.39. The molecule has 0 bridgehead atoms. The summed E-state index contributed by atoms with van der Waals surface area (Å²) in [6, 6.07) is 0. The zero-order valence-corrected chi connectivity index (χ0v) is 15.8. The highest BCUT2D eigenvalue weighted by molar-refractivity contribution is 14.1. The van der Waals surface area contributed by atoms with Crippen molar-refractivity contribution >= 4 is 22.9 Å². The zero-order valence-electron chi connectivity index (χ0n) is 13.6. The third kappa shape index (κ3) is 4.57. The largest absolute Gasteiger partial charge is 0.286 e. The van der Waals surface area contributed by atoms with Gasteiger partial charge < -0.3 is 0 Å². The molecule has 1 aliphatic rings. The van der Waals surface area contributed by atoms with E-state index in [1.165, 1.54) is 32.1 Å². The van der Waals surface area contributed by atoms with Crippen molar-refractivity contribution in [3.63, 3.8) is 0 Å². The maximum absolute atomic E-state index is 5.64. The molecule has 1 saturated carbocycles. The normalized spacial score (nSPS) is 25.1. The van der Waals surface area contributed by atoms with E-state index >= 15 is 0 Å². The Bertz CT molecular complexity index is 290. The van der Waals surface area contributed by atoms with Gasteiger partial charge in [-0.25, -0.2) is 0 Å². The van der Waals surface area contributed by atoms with E-state index in [-0.39, 0.29) is 5.60 Å². The lowest BCUT2D eigenvalue weighted by Gasteiger charge is -2.37. The van der Waals surface area contributed by atoms with Crippen molar-refractivity contribution in [2.75, 3.05) is 0 Å². The summed E-state index contributed by atoms with van der Waals surface area (Å²) in [6.07, 6.45) is 7.80. The number of hydrogen-bond acceptors (Lipinski definition) is 2. The molecule has 19 heavy (non-hydrogen) atoms. The highest BCUT2D eigenvalue weighted by atomic mass is 127. The van der Waals surface area contributed by atoms with Crippen molar-refractivity contribution in [1.82, 2.24) is 3.69 Å². The van der Waals surface area contributed by atoms with Crippen LogP contribution in [-0.4, -0.2) is 5.60 Å². The van der Waals surface area contributed by atoms with E-state index in [9.17, 15) is 0 Å². The Labute approximate surface area is 133 Å². The molecule has 2 atom stereocenters. The molecule has 0 aromatic rings. The van der Waals surface area contributed by atoms with Gasteiger partial charge in [-0.3, -0.25) is 4.84 Å². The predicted octanol–water partition coefficient (Wildman–Crippen LogP) is 5.66. The summed E-state index contributed by atoms with van der Waals surface area (Å²) < 4.78 is 2.83. The number of nitrogens with one attached hydrogen (secondary N) is 1. The molecule has 0 saturated heterocycles. The monoisotopic (exact) mass is 381 g/mol. The molecule has 1 N–H and O–H groups in total. The van der Waals surface area contributed by atoms with E-state index in [0.717, 1.165) is 12.3 Å². The highest BCUT2D eigenvalue weighted by Crippen LogP contribution is 2.64. The maximum atomic E-state index is 5.64. The minimum Gasteiger partial charge on any atom is -0.286 e. The Morgan fingerprint density at radius 1 is 1.21 bits per heavy atom. The summed E-state index contributed by atoms with van der Waals surface area (Å²) in [7, 11) is 0. The fraction of sp³-hybridized carbons (Fsp3) is 1.00. The average Bonchev–Trinajstić information content (AvgIpc) is 2.95. The van der Waals surface area contributed by atoms with Crippen LogP contribution in [0.1, 0.15) is 80.1 Å². The van der Waals surface area contributed by atoms with Gasteiger partial charge in [-0.05, 0) is 56.3 Å². The van der Waals surface area contributed by atoms with Crippen molar-refractivity contribution in [3.8, 4) is 0 Å². The van der Waals surface area contributed by atoms with E-state index in [2.05, 4.69) is 68.1 Å². The number of rotatable bonds is 9. The van der Waals surface area contributed by atoms with Gasteiger partial charge in [0.15, 0.2) is 0 Å². The molecular weight excluding hydrogens is 349 g/mol. The molecule has 0 radical (unpaired) electrons. The standard InChI is InChI=1S/C16H32INO/c1-7-9-16(8-2,13-12-14(13,3)4)11-10-15(5,6)19-18-17/h13,18H,7-12H2,1-6H3. The molecule has 0 aliphatic heterocycles. The van der Waals surface area contributed by atoms with E-state index in [4.69, 9.17) is 4.84 Å². The van der Waals surface area contributed by atoms with Gasteiger partial charge in [-0.1, -0.05) is 40.5 Å². The van der Waals surface area contributed by atoms with Gasteiger partial charge in [-0.2, -0.15) is 0 Å². The lowest BCUT2D eigenvalue weighted by atomic mass is 9.69. The van der Waals surface area contributed by atoms with Gasteiger partial charge in [0.25, 0.3) is 0 Å². The summed E-state index contributed by atoms with van der Waals surface area (Å²) in [6.45, 7) is 14.0. The average molecular weight is 381 g/mol. The van der Waals surface area contributed by atoms with Crippen molar-refractivity contribution < 1.29 is 4.84 Å². The van der Waals surface area contributed by atoms with Gasteiger partial charge in [0, 0.05) is 22.9 Å². The molecule has 114 valence electrons. The first-order valence-electron chi connectivity index (χ1n) is 7.76. The molecule has 1 rings (SSSR count). The summed E-state index contributed by atoms with van der Waals surface area (Å²) in [5.41, 5.74) is 1.02. The Morgan fingerprint density at radius 2 is 1.79 bits per heavy atom. The van der Waals surface area contributed by atoms with Crippen LogP contribution < -0.4 is 3.69 Å². The van der Waals surface area contributed by atoms with Crippen molar-refractivity contribution in [3.05, 3.63) is 0 Å². The molecule has 2 unspecified atom stereocenters. The van der Waals surface area contributed by atoms with Crippen LogP contribution in [0.2, 0.25) is 0 Å². The first kappa shape index (κ1) is 17.7. The van der Waals surface area contributed by atoms with Gasteiger partial charge in [0.05, 0.1) is 5.60 Å². The molecule has 3 heteroatoms. The van der Waals surface area contributed by atoms with Gasteiger partial charge in [0.1, 0.15) is 0 Å². The first-order valence-corrected chi connectivity index (χ1v) is 8.84. The van der Waals surface area contributed by atoms with Crippen molar-refractivity contribution in [2.45, 2.75) is 85.7 Å². The van der Waals surface area contributed by atoms with E-state index in [1.807, 2.05) is 0 Å². The molecule has 0 spiro atoms. The van der Waals surface area contributed by atoms with Crippen LogP contribution in [0.4, 0.5) is 0 Å². The Kier molecular flexibility index (Phi) is 6.16. The summed E-state index contributed by atoms with van der Waals surface area (Å²) >= 11 is 2.06. The molecule has 1 aliphatic carbocycles. The van der Waals surface area contributed by atoms with Crippen LogP contribution in [0, 0.1) is 16.7 Å². The lowest BCUT2D eigenvalue weighted by molar-refractivity contribution is -0.0532. The van der Waals surface area contributed by atoms with Crippen LogP contribution in [-0.2, 0) is 4.84 Å². The minimum absolute atomic E-state index is 0.0750. The van der Waals surface area contributed by atoms with Crippen molar-refractivity contribution in [1.29, 1.82) is 0 Å². The quantitative estimate of drug-likeness (QED) is 0.316. The van der Waals surface area contributed by atoms with E-state index in [0.29, 0.717) is 10.8 Å². The second-order valence-corrected chi connectivity index (χ2v) is 8.09. The van der Waals surface area contributed by atoms with Crippen LogP contribution >= 0.6 is 22.9 Å². The molecule has 0 aromatic carbocycles. The van der Waals surface area contributed by atoms with Crippen molar-refractivity contribution in [2.24, 2.45) is 16.7 Å². The maximum Gasteiger partial charge on any atom is 0.0850 e. The first-order chi connectivity index (χ1) is 8.73. The second kappa shape index (κ2) is 6.61. The highest BCUT2D eigenvalue weighted by Gasteiger charge is 2.56. The fourth-order valence-electron chi connectivity index (χ4n) is 3.79.